The number of rotatable bonds is 6. The van der Waals surface area contributed by atoms with E-state index in [4.69, 9.17) is 17.3 Å². The molecule has 2 amide bonds. The Kier molecular flexibility index (Phi) is 6.18. The second-order valence-electron chi connectivity index (χ2n) is 4.92. The molecule has 116 valence electrons. The van der Waals surface area contributed by atoms with E-state index >= 15 is 0 Å². The highest BCUT2D eigenvalue weighted by Gasteiger charge is 2.33. The van der Waals surface area contributed by atoms with Gasteiger partial charge in [-0.2, -0.15) is 0 Å². The number of nitrogens with one attached hydrogen (secondary N) is 2. The molecule has 0 atom stereocenters. The number of halogens is 1. The first-order valence-electron chi connectivity index (χ1n) is 6.97. The van der Waals surface area contributed by atoms with Crippen LogP contribution in [0.2, 0.25) is 5.02 Å². The summed E-state index contributed by atoms with van der Waals surface area (Å²) in [6.45, 7) is 4.17. The minimum absolute atomic E-state index is 0.126. The van der Waals surface area contributed by atoms with Gasteiger partial charge in [0.05, 0.1) is 16.0 Å². The summed E-state index contributed by atoms with van der Waals surface area (Å²) in [4.78, 5) is 24.0. The Balaban J connectivity index is 2.96. The van der Waals surface area contributed by atoms with Gasteiger partial charge in [0, 0.05) is 19.3 Å². The Morgan fingerprint density at radius 1 is 1.29 bits per heavy atom. The van der Waals surface area contributed by atoms with E-state index < -0.39 is 5.41 Å². The summed E-state index contributed by atoms with van der Waals surface area (Å²) in [5, 5.41) is 5.62. The maximum Gasteiger partial charge on any atom is 0.252 e. The number of carbonyl (C=O) groups excluding carboxylic acids is 2. The first kappa shape index (κ1) is 17.5. The molecule has 0 aliphatic rings. The van der Waals surface area contributed by atoms with Gasteiger partial charge in [0.25, 0.3) is 5.91 Å². The quantitative estimate of drug-likeness (QED) is 0.754. The van der Waals surface area contributed by atoms with Crippen molar-refractivity contribution in [3.05, 3.63) is 28.8 Å². The second kappa shape index (κ2) is 7.43. The first-order valence-corrected chi connectivity index (χ1v) is 7.35. The fraction of sp³-hybridized carbons (Fsp3) is 0.467. The predicted octanol–water partition coefficient (Wildman–Crippen LogP) is 2.40. The van der Waals surface area contributed by atoms with Crippen LogP contribution in [0.25, 0.3) is 0 Å². The third-order valence-electron chi connectivity index (χ3n) is 3.92. The van der Waals surface area contributed by atoms with Gasteiger partial charge < -0.3 is 16.4 Å². The van der Waals surface area contributed by atoms with E-state index in [0.717, 1.165) is 0 Å². The lowest BCUT2D eigenvalue weighted by Crippen LogP contribution is -2.41. The molecule has 0 saturated heterocycles. The highest BCUT2D eigenvalue weighted by Crippen LogP contribution is 2.28. The molecule has 4 N–H and O–H groups in total. The molecule has 1 aromatic rings. The monoisotopic (exact) mass is 311 g/mol. The fourth-order valence-corrected chi connectivity index (χ4v) is 2.39. The third kappa shape index (κ3) is 3.74. The lowest BCUT2D eigenvalue weighted by Gasteiger charge is -2.28. The molecule has 0 fully saturated rings. The van der Waals surface area contributed by atoms with Crippen molar-refractivity contribution in [3.8, 4) is 0 Å². The molecular formula is C15H22ClN3O2. The summed E-state index contributed by atoms with van der Waals surface area (Å²) in [5.74, 6) is -0.393. The van der Waals surface area contributed by atoms with E-state index in [1.807, 2.05) is 13.8 Å². The fourth-order valence-electron chi connectivity index (χ4n) is 2.13. The smallest absolute Gasteiger partial charge is 0.252 e. The van der Waals surface area contributed by atoms with Crippen LogP contribution in [-0.4, -0.2) is 25.4 Å². The van der Waals surface area contributed by atoms with Gasteiger partial charge in [-0.05, 0) is 31.0 Å². The summed E-state index contributed by atoms with van der Waals surface area (Å²) < 4.78 is 0. The number of hydrogen-bond donors (Lipinski definition) is 3. The Morgan fingerprint density at radius 2 is 1.90 bits per heavy atom. The van der Waals surface area contributed by atoms with Crippen molar-refractivity contribution >= 4 is 29.1 Å². The summed E-state index contributed by atoms with van der Waals surface area (Å²) >= 11 is 6.07. The normalized spacial score (nSPS) is 11.1. The lowest BCUT2D eigenvalue weighted by atomic mass is 9.81. The van der Waals surface area contributed by atoms with Gasteiger partial charge in [0.2, 0.25) is 5.91 Å². The summed E-state index contributed by atoms with van der Waals surface area (Å²) in [5.41, 5.74) is 6.10. The van der Waals surface area contributed by atoms with Crippen LogP contribution in [0.15, 0.2) is 18.2 Å². The number of carbonyl (C=O) groups is 2. The molecule has 1 rings (SSSR count). The van der Waals surface area contributed by atoms with Crippen molar-refractivity contribution < 1.29 is 9.59 Å². The van der Waals surface area contributed by atoms with Crippen molar-refractivity contribution in [2.24, 2.45) is 11.1 Å². The Hall–Kier alpha value is -1.59. The van der Waals surface area contributed by atoms with Gasteiger partial charge in [-0.3, -0.25) is 9.59 Å². The van der Waals surface area contributed by atoms with Gasteiger partial charge in [0.15, 0.2) is 0 Å². The Bertz CT molecular complexity index is 519. The summed E-state index contributed by atoms with van der Waals surface area (Å²) in [6.07, 6.45) is 1.33. The third-order valence-corrected chi connectivity index (χ3v) is 4.24. The van der Waals surface area contributed by atoms with E-state index in [1.165, 1.54) is 7.05 Å². The molecular weight excluding hydrogens is 290 g/mol. The number of anilines is 1. The van der Waals surface area contributed by atoms with Gasteiger partial charge in [0.1, 0.15) is 0 Å². The van der Waals surface area contributed by atoms with Crippen LogP contribution in [0.1, 0.15) is 37.0 Å². The molecule has 0 aliphatic heterocycles. The van der Waals surface area contributed by atoms with Crippen molar-refractivity contribution in [1.29, 1.82) is 0 Å². The molecule has 0 heterocycles. The highest BCUT2D eigenvalue weighted by molar-refractivity contribution is 6.34. The lowest BCUT2D eigenvalue weighted by molar-refractivity contribution is -0.125. The van der Waals surface area contributed by atoms with Gasteiger partial charge in [-0.1, -0.05) is 25.4 Å². The van der Waals surface area contributed by atoms with E-state index in [1.54, 1.807) is 18.2 Å². The highest BCUT2D eigenvalue weighted by atomic mass is 35.5. The molecule has 1 aromatic carbocycles. The zero-order valence-corrected chi connectivity index (χ0v) is 13.4. The molecule has 0 spiro atoms. The van der Waals surface area contributed by atoms with Crippen molar-refractivity contribution in [2.45, 2.75) is 26.7 Å². The Morgan fingerprint density at radius 3 is 2.33 bits per heavy atom. The van der Waals surface area contributed by atoms with E-state index in [9.17, 15) is 9.59 Å². The number of amides is 2. The molecule has 5 nitrogen and oxygen atoms in total. The first-order chi connectivity index (χ1) is 9.93. The SMILES string of the molecule is CCC(CC)(CN)C(=O)Nc1ccc(C(=O)NC)c(Cl)c1. The van der Waals surface area contributed by atoms with Crippen LogP contribution < -0.4 is 16.4 Å². The maximum absolute atomic E-state index is 12.4. The predicted molar refractivity (Wildman–Crippen MR) is 85.5 cm³/mol. The standard InChI is InChI=1S/C15H22ClN3O2/c1-4-15(5-2,9-17)14(21)19-10-6-7-11(12(16)8-10)13(20)18-3/h6-8H,4-5,9,17H2,1-3H3,(H,18,20)(H,19,21). The maximum atomic E-state index is 12.4. The van der Waals surface area contributed by atoms with Gasteiger partial charge >= 0.3 is 0 Å². The molecule has 0 aromatic heterocycles. The van der Waals surface area contributed by atoms with Crippen molar-refractivity contribution in [1.82, 2.24) is 5.32 Å². The largest absolute Gasteiger partial charge is 0.355 e. The molecule has 6 heteroatoms. The van der Waals surface area contributed by atoms with Gasteiger partial charge in [-0.25, -0.2) is 0 Å². The minimum atomic E-state index is -0.577. The average Bonchev–Trinajstić information content (AvgIpc) is 2.49. The van der Waals surface area contributed by atoms with Crippen LogP contribution in [0, 0.1) is 5.41 Å². The van der Waals surface area contributed by atoms with Crippen molar-refractivity contribution in [2.75, 3.05) is 18.9 Å². The van der Waals surface area contributed by atoms with Crippen LogP contribution in [0.4, 0.5) is 5.69 Å². The topological polar surface area (TPSA) is 84.2 Å². The van der Waals surface area contributed by atoms with Crippen LogP contribution in [0.5, 0.6) is 0 Å². The average molecular weight is 312 g/mol. The number of hydrogen-bond acceptors (Lipinski definition) is 3. The molecule has 0 bridgehead atoms. The van der Waals surface area contributed by atoms with E-state index in [0.29, 0.717) is 29.1 Å². The van der Waals surface area contributed by atoms with Crippen molar-refractivity contribution in [3.63, 3.8) is 0 Å². The number of benzene rings is 1. The molecule has 0 radical (unpaired) electrons. The summed E-state index contributed by atoms with van der Waals surface area (Å²) in [6, 6.07) is 4.80. The zero-order chi connectivity index (χ0) is 16.0. The minimum Gasteiger partial charge on any atom is -0.355 e. The van der Waals surface area contributed by atoms with Crippen LogP contribution >= 0.6 is 11.6 Å². The van der Waals surface area contributed by atoms with Crippen LogP contribution in [-0.2, 0) is 4.79 Å². The Labute approximate surface area is 130 Å². The van der Waals surface area contributed by atoms with Gasteiger partial charge in [-0.15, -0.1) is 0 Å². The second-order valence-corrected chi connectivity index (χ2v) is 5.33. The van der Waals surface area contributed by atoms with E-state index in [-0.39, 0.29) is 18.4 Å². The molecule has 0 unspecified atom stereocenters. The molecule has 0 saturated carbocycles. The zero-order valence-electron chi connectivity index (χ0n) is 12.6. The number of nitrogens with two attached hydrogens (primary N) is 1. The molecule has 0 aliphatic carbocycles. The molecule has 21 heavy (non-hydrogen) atoms. The van der Waals surface area contributed by atoms with E-state index in [2.05, 4.69) is 10.6 Å². The van der Waals surface area contributed by atoms with Crippen LogP contribution in [0.3, 0.4) is 0 Å². The summed E-state index contributed by atoms with van der Waals surface area (Å²) in [7, 11) is 1.53.